The van der Waals surface area contributed by atoms with Crippen LogP contribution >= 0.6 is 0 Å². The van der Waals surface area contributed by atoms with E-state index >= 15 is 14.4 Å². The van der Waals surface area contributed by atoms with E-state index in [1.165, 1.54) is 50.5 Å². The fraction of sp³-hybridized carbons (Fsp3) is 0.613. The van der Waals surface area contributed by atoms with Crippen LogP contribution in [0.5, 0.6) is 11.5 Å². The number of carbonyl (C=O) groups is 9. The van der Waals surface area contributed by atoms with Gasteiger partial charge in [-0.25, -0.2) is 4.79 Å². The second kappa shape index (κ2) is 45.9. The Bertz CT molecular complexity index is 3510. The first-order valence-corrected chi connectivity index (χ1v) is 39.2. The van der Waals surface area contributed by atoms with Crippen LogP contribution in [-0.2, 0) is 38.4 Å². The van der Waals surface area contributed by atoms with E-state index in [0.717, 1.165) is 112 Å². The molecule has 6 rings (SSSR count). The molecule has 0 saturated carbocycles. The molecule has 111 heavy (non-hydrogen) atoms. The lowest BCUT2D eigenvalue weighted by Gasteiger charge is -2.41. The number of unbranched alkanes of at least 4 members (excludes halogenated alkanes) is 13. The SMILES string of the molecule is CCCCC/C=C/C/C=C/CCCCCCCC(=O)NC1CC(O)(NC(C[C@H](NC(=O)c2ccc(-c3ccc(OCCCCCCCC)cc3)cc2)C(=O)O)NC[C@H](C)N)C(O)NC(=O)[C@@H]2[C@@H](O)C(C)CN2C(=O)[C@H]([C@H](C)O)NC(=O)[C@H](C(O)C(O)c2ccc(O)cc2)NC(=O)[C@H]2C[C@H](O)CN2C(=O)[C@@H]([C@@H](C)O)NC1=O. The van der Waals surface area contributed by atoms with Gasteiger partial charge >= 0.3 is 5.97 Å². The number of amides is 8. The Labute approximate surface area is 650 Å². The molecule has 3 heterocycles. The van der Waals surface area contributed by atoms with Gasteiger partial charge in [0, 0.05) is 62.8 Å². The highest BCUT2D eigenvalue weighted by molar-refractivity contribution is 5.99. The van der Waals surface area contributed by atoms with Crippen molar-refractivity contribution in [2.24, 2.45) is 11.7 Å². The molecule has 3 aromatic carbocycles. The second-order valence-electron chi connectivity index (χ2n) is 29.8. The standard InChI is InChI=1S/C80H121N11O20/c1-7-9-11-13-15-16-17-18-19-20-21-22-23-24-26-28-63(96)83-60-44-80(110,89-62(82-45-49(4)81)43-59(78(107)108)84-71(100)55-31-29-52(30-32-55)53-35-39-58(40-36-53)111-41-27-25-14-12-10-8-2)79(109)88-75(104)67-68(97)48(3)46-91(67)77(106)65(51(6)93)86-74(103)66(70(99)69(98)54-33-37-56(94)38-34-54)87-73(102)61-42-57(95)47-90(61)76(105)64(50(5)92)85-72(60)101/h15-16,18-19,29-40,48-51,57,59-62,64-70,79,82,89,92-95,97-99,109-110H,7-14,17,20-28,41-47,81H2,1-6H3,(H,83,96)(H,84,100)(H,85,101)(H,86,103)(H,87,102)(H,88,104)(H,107,108)/b16-15+,19-18+/t48?,49-,50+,51-,57-,59-,60?,61+,62?,64+,65-,66-,67-,68-,69?,70?,79?,80?/m0/s1. The summed E-state index contributed by atoms with van der Waals surface area (Å²) in [4.78, 5) is 133. The summed E-state index contributed by atoms with van der Waals surface area (Å²) in [6.07, 6.45) is 5.73. The third kappa shape index (κ3) is 28.3. The third-order valence-electron chi connectivity index (χ3n) is 20.3. The smallest absolute Gasteiger partial charge is 0.326 e. The van der Waals surface area contributed by atoms with Gasteiger partial charge in [-0.15, -0.1) is 0 Å². The zero-order valence-corrected chi connectivity index (χ0v) is 64.8. The van der Waals surface area contributed by atoms with E-state index in [-0.39, 0.29) is 36.3 Å². The molecule has 3 fully saturated rings. The van der Waals surface area contributed by atoms with E-state index in [4.69, 9.17) is 10.5 Å². The van der Waals surface area contributed by atoms with Crippen molar-refractivity contribution >= 4 is 53.2 Å². The molecule has 8 amide bonds. The summed E-state index contributed by atoms with van der Waals surface area (Å²) in [7, 11) is 0. The lowest BCUT2D eigenvalue weighted by atomic mass is 9.96. The van der Waals surface area contributed by atoms with Crippen LogP contribution in [0.25, 0.3) is 11.1 Å². The Morgan fingerprint density at radius 2 is 1.21 bits per heavy atom. The Kier molecular flexibility index (Phi) is 37.8. The lowest BCUT2D eigenvalue weighted by Crippen LogP contribution is -2.70. The number of carbonyl (C=O) groups excluding carboxylic acids is 8. The van der Waals surface area contributed by atoms with Crippen LogP contribution in [0, 0.1) is 5.92 Å². The minimum absolute atomic E-state index is 0.0280. The molecule has 3 saturated heterocycles. The molecule has 31 nitrogen and oxygen atoms in total. The van der Waals surface area contributed by atoms with E-state index < -0.39 is 195 Å². The Morgan fingerprint density at radius 1 is 0.658 bits per heavy atom. The number of phenolic OH excluding ortho intramolecular Hbond substituents is 1. The van der Waals surface area contributed by atoms with Crippen LogP contribution in [0.3, 0.4) is 0 Å². The van der Waals surface area contributed by atoms with Crippen molar-refractivity contribution in [2.75, 3.05) is 26.2 Å². The highest BCUT2D eigenvalue weighted by atomic mass is 16.5. The van der Waals surface area contributed by atoms with E-state index in [1.54, 1.807) is 19.1 Å². The van der Waals surface area contributed by atoms with Crippen LogP contribution in [0.15, 0.2) is 97.1 Å². The number of fused-ring (bicyclic) bond motifs is 2. The minimum atomic E-state index is -3.26. The van der Waals surface area contributed by atoms with E-state index in [2.05, 4.69) is 80.7 Å². The molecule has 7 unspecified atom stereocenters. The number of allylic oxidation sites excluding steroid dienone is 4. The van der Waals surface area contributed by atoms with Crippen LogP contribution < -0.4 is 53.0 Å². The van der Waals surface area contributed by atoms with Gasteiger partial charge in [-0.1, -0.05) is 146 Å². The molecule has 0 aromatic heterocycles. The number of phenols is 1. The first kappa shape index (κ1) is 91.4. The van der Waals surface area contributed by atoms with Gasteiger partial charge in [-0.05, 0) is 119 Å². The summed E-state index contributed by atoms with van der Waals surface area (Å²) < 4.78 is 5.95. The molecular formula is C80H121N11O20. The molecule has 0 bridgehead atoms. The van der Waals surface area contributed by atoms with Gasteiger partial charge in [0.05, 0.1) is 37.2 Å². The molecule has 0 spiro atoms. The molecule has 18 atom stereocenters. The van der Waals surface area contributed by atoms with Crippen molar-refractivity contribution in [3.8, 4) is 22.6 Å². The number of aliphatic hydroxyl groups excluding tert-OH is 7. The summed E-state index contributed by atoms with van der Waals surface area (Å²) in [5.74, 6) is -12.0. The fourth-order valence-corrected chi connectivity index (χ4v) is 13.7. The fourth-order valence-electron chi connectivity index (χ4n) is 13.7. The maximum Gasteiger partial charge on any atom is 0.326 e. The van der Waals surface area contributed by atoms with Gasteiger partial charge in [0.2, 0.25) is 41.4 Å². The maximum atomic E-state index is 15.3. The summed E-state index contributed by atoms with van der Waals surface area (Å²) in [5, 5.41) is 136. The predicted molar refractivity (Wildman–Crippen MR) is 413 cm³/mol. The number of carboxylic acids is 1. The lowest BCUT2D eigenvalue weighted by molar-refractivity contribution is -0.159. The normalized spacial score (nSPS) is 25.1. The zero-order valence-electron chi connectivity index (χ0n) is 64.8. The van der Waals surface area contributed by atoms with Crippen LogP contribution in [0.4, 0.5) is 0 Å². The maximum absolute atomic E-state index is 15.3. The summed E-state index contributed by atoms with van der Waals surface area (Å²) in [6, 6.07) is 3.06. The number of benzene rings is 3. The largest absolute Gasteiger partial charge is 0.508 e. The van der Waals surface area contributed by atoms with Crippen LogP contribution in [0.2, 0.25) is 0 Å². The third-order valence-corrected chi connectivity index (χ3v) is 20.3. The summed E-state index contributed by atoms with van der Waals surface area (Å²) >= 11 is 0. The van der Waals surface area contributed by atoms with Gasteiger partial charge in [0.15, 0.2) is 12.0 Å². The van der Waals surface area contributed by atoms with Gasteiger partial charge in [-0.3, -0.25) is 43.7 Å². The number of hydrogen-bond acceptors (Lipinski definition) is 22. The number of aromatic hydroxyl groups is 1. The molecule has 3 aromatic rings. The molecule has 3 aliphatic heterocycles. The molecule has 31 heteroatoms. The van der Waals surface area contributed by atoms with E-state index in [9.17, 15) is 79.8 Å². The minimum Gasteiger partial charge on any atom is -0.508 e. The Balaban J connectivity index is 1.38. The Morgan fingerprint density at radius 3 is 1.81 bits per heavy atom. The first-order chi connectivity index (χ1) is 52.9. The van der Waals surface area contributed by atoms with Gasteiger partial charge < -0.3 is 109 Å². The van der Waals surface area contributed by atoms with Crippen LogP contribution in [0.1, 0.15) is 198 Å². The highest BCUT2D eigenvalue weighted by Crippen LogP contribution is 2.30. The number of nitrogens with zero attached hydrogens (tertiary/aromatic N) is 2. The number of carboxylic acid groups (broad SMARTS) is 1. The van der Waals surface area contributed by atoms with Crippen molar-refractivity contribution in [2.45, 2.75) is 279 Å². The first-order valence-electron chi connectivity index (χ1n) is 39.2. The second-order valence-corrected chi connectivity index (χ2v) is 29.8. The zero-order chi connectivity index (χ0) is 81.5. The quantitative estimate of drug-likeness (QED) is 0.0222. The van der Waals surface area contributed by atoms with Gasteiger partial charge in [-0.2, -0.15) is 0 Å². The number of hydrogen-bond donors (Lipinski definition) is 19. The topological polar surface area (TPSA) is 494 Å². The van der Waals surface area contributed by atoms with Crippen molar-refractivity contribution in [3.63, 3.8) is 0 Å². The van der Waals surface area contributed by atoms with E-state index in [0.29, 0.717) is 30.8 Å². The molecule has 0 radical (unpaired) electrons. The number of nitrogens with two attached hydrogens (primary N) is 1. The highest BCUT2D eigenvalue weighted by Gasteiger charge is 2.52. The summed E-state index contributed by atoms with van der Waals surface area (Å²) in [5.41, 5.74) is 4.40. The number of ether oxygens (including phenoxy) is 1. The van der Waals surface area contributed by atoms with Gasteiger partial charge in [0.1, 0.15) is 66.0 Å². The number of aliphatic carboxylic acids is 1. The number of rotatable bonds is 39. The van der Waals surface area contributed by atoms with Crippen molar-refractivity contribution < 1.29 is 99.0 Å². The van der Waals surface area contributed by atoms with Crippen molar-refractivity contribution in [1.82, 2.24) is 52.3 Å². The number of nitrogens with one attached hydrogen (secondary N) is 8. The summed E-state index contributed by atoms with van der Waals surface area (Å²) in [6.45, 7) is 8.61. The average Bonchev–Trinajstić information content (AvgIpc) is 1.67. The molecule has 0 aliphatic carbocycles. The van der Waals surface area contributed by atoms with Crippen molar-refractivity contribution in [3.05, 3.63) is 108 Å². The Hall–Kier alpha value is -8.47. The average molecular weight is 1560 g/mol. The van der Waals surface area contributed by atoms with Gasteiger partial charge in [0.25, 0.3) is 5.91 Å². The molecular weight excluding hydrogens is 1430 g/mol. The van der Waals surface area contributed by atoms with Crippen molar-refractivity contribution in [1.29, 1.82) is 0 Å². The monoisotopic (exact) mass is 1560 g/mol. The number of aliphatic hydroxyl groups is 8. The van der Waals surface area contributed by atoms with Crippen LogP contribution in [-0.4, -0.2) is 237 Å². The molecule has 3 aliphatic rings. The predicted octanol–water partition coefficient (Wildman–Crippen LogP) is 2.53. The molecule has 20 N–H and O–H groups in total. The molecule has 616 valence electrons. The van der Waals surface area contributed by atoms with E-state index in [1.807, 2.05) is 24.3 Å².